The minimum Gasteiger partial charge on any atom is -0.366 e. The lowest BCUT2D eigenvalue weighted by molar-refractivity contribution is 0.425. The summed E-state index contributed by atoms with van der Waals surface area (Å²) in [6, 6.07) is 8.01. The first-order valence-corrected chi connectivity index (χ1v) is 7.50. The predicted octanol–water partition coefficient (Wildman–Crippen LogP) is 1.80. The summed E-state index contributed by atoms with van der Waals surface area (Å²) >= 11 is 0. The van der Waals surface area contributed by atoms with Crippen molar-refractivity contribution in [1.82, 2.24) is 29.2 Å². The Bertz CT molecular complexity index is 990. The van der Waals surface area contributed by atoms with Gasteiger partial charge in [-0.2, -0.15) is 0 Å². The van der Waals surface area contributed by atoms with Crippen molar-refractivity contribution in [2.75, 3.05) is 32.5 Å². The summed E-state index contributed by atoms with van der Waals surface area (Å²) in [6.07, 6.45) is 3.33. The number of hydrogen-bond acceptors (Lipinski definition) is 6. The van der Waals surface area contributed by atoms with Gasteiger partial charge in [0.25, 0.3) is 0 Å². The van der Waals surface area contributed by atoms with Crippen molar-refractivity contribution >= 4 is 33.8 Å². The zero-order valence-corrected chi connectivity index (χ0v) is 13.1. The van der Waals surface area contributed by atoms with Crippen molar-refractivity contribution < 1.29 is 0 Å². The van der Waals surface area contributed by atoms with Crippen LogP contribution in [0, 0.1) is 0 Å². The lowest BCUT2D eigenvalue weighted by Crippen LogP contribution is -2.21. The molecule has 0 amide bonds. The molecule has 0 aliphatic carbocycles. The fourth-order valence-corrected chi connectivity index (χ4v) is 2.63. The molecule has 7 heteroatoms. The Morgan fingerprint density at radius 1 is 1.04 bits per heavy atom. The highest BCUT2D eigenvalue weighted by molar-refractivity contribution is 5.89. The number of benzene rings is 1. The van der Waals surface area contributed by atoms with Gasteiger partial charge in [0.2, 0.25) is 0 Å². The Hall–Kier alpha value is -2.80. The highest BCUT2D eigenvalue weighted by Gasteiger charge is 2.14. The maximum atomic E-state index is 4.72. The summed E-state index contributed by atoms with van der Waals surface area (Å²) in [5.41, 5.74) is 4.02. The predicted molar refractivity (Wildman–Crippen MR) is 90.6 cm³/mol. The van der Waals surface area contributed by atoms with E-state index in [-0.39, 0.29) is 0 Å². The molecule has 4 aromatic rings. The van der Waals surface area contributed by atoms with Crippen LogP contribution in [-0.4, -0.2) is 56.4 Å². The second-order valence-corrected chi connectivity index (χ2v) is 5.65. The van der Waals surface area contributed by atoms with Crippen molar-refractivity contribution in [2.24, 2.45) is 0 Å². The zero-order valence-electron chi connectivity index (χ0n) is 13.1. The van der Waals surface area contributed by atoms with E-state index in [1.165, 1.54) is 0 Å². The van der Waals surface area contributed by atoms with Crippen molar-refractivity contribution in [3.05, 3.63) is 36.7 Å². The molecule has 3 heterocycles. The number of fused-ring (bicyclic) bond motifs is 5. The van der Waals surface area contributed by atoms with Crippen LogP contribution in [0.15, 0.2) is 36.7 Å². The van der Waals surface area contributed by atoms with Gasteiger partial charge < -0.3 is 10.2 Å². The molecule has 0 aliphatic rings. The number of aromatic nitrogens is 5. The molecule has 0 spiro atoms. The van der Waals surface area contributed by atoms with E-state index in [1.54, 1.807) is 12.4 Å². The summed E-state index contributed by atoms with van der Waals surface area (Å²) in [4.78, 5) is 20.2. The van der Waals surface area contributed by atoms with Crippen LogP contribution in [0.3, 0.4) is 0 Å². The molecule has 0 saturated heterocycles. The average molecular weight is 307 g/mol. The molecule has 116 valence electrons. The van der Waals surface area contributed by atoms with Gasteiger partial charge in [-0.3, -0.25) is 4.40 Å². The number of hydrogen-bond donors (Lipinski definition) is 1. The summed E-state index contributed by atoms with van der Waals surface area (Å²) in [5.74, 6) is 0.732. The molecule has 0 aliphatic heterocycles. The van der Waals surface area contributed by atoms with Crippen LogP contribution in [-0.2, 0) is 0 Å². The molecule has 7 nitrogen and oxygen atoms in total. The van der Waals surface area contributed by atoms with E-state index < -0.39 is 0 Å². The SMILES string of the molecule is CN(C)CCNc1nc2nccnc2n2c1nc1ccccc12. The smallest absolute Gasteiger partial charge is 0.198 e. The van der Waals surface area contributed by atoms with Gasteiger partial charge >= 0.3 is 0 Å². The van der Waals surface area contributed by atoms with E-state index in [4.69, 9.17) is 4.98 Å². The normalized spacial score (nSPS) is 11.8. The molecule has 0 bridgehead atoms. The molecule has 0 unspecified atom stereocenters. The lowest BCUT2D eigenvalue weighted by atomic mass is 10.3. The molecule has 0 atom stereocenters. The van der Waals surface area contributed by atoms with Crippen LogP contribution in [0.5, 0.6) is 0 Å². The summed E-state index contributed by atoms with van der Waals surface area (Å²) < 4.78 is 2.02. The number of rotatable bonds is 4. The van der Waals surface area contributed by atoms with E-state index in [0.717, 1.165) is 35.6 Å². The Labute approximate surface area is 133 Å². The second kappa shape index (κ2) is 5.44. The number of para-hydroxylation sites is 2. The van der Waals surface area contributed by atoms with E-state index in [2.05, 4.69) is 25.2 Å². The van der Waals surface area contributed by atoms with Gasteiger partial charge in [-0.1, -0.05) is 12.1 Å². The van der Waals surface area contributed by atoms with E-state index in [1.807, 2.05) is 42.8 Å². The van der Waals surface area contributed by atoms with Crippen LogP contribution in [0.1, 0.15) is 0 Å². The van der Waals surface area contributed by atoms with E-state index in [9.17, 15) is 0 Å². The third kappa shape index (κ3) is 2.35. The highest BCUT2D eigenvalue weighted by atomic mass is 15.2. The second-order valence-electron chi connectivity index (χ2n) is 5.65. The first-order chi connectivity index (χ1) is 11.2. The molecule has 4 rings (SSSR count). The summed E-state index contributed by atoms with van der Waals surface area (Å²) in [6.45, 7) is 1.69. The number of nitrogens with zero attached hydrogens (tertiary/aromatic N) is 6. The average Bonchev–Trinajstić information content (AvgIpc) is 2.94. The van der Waals surface area contributed by atoms with Crippen LogP contribution < -0.4 is 5.32 Å². The molecule has 0 radical (unpaired) electrons. The maximum Gasteiger partial charge on any atom is 0.198 e. The Morgan fingerprint density at radius 3 is 2.74 bits per heavy atom. The number of nitrogens with one attached hydrogen (secondary N) is 1. The minimum absolute atomic E-state index is 0.607. The van der Waals surface area contributed by atoms with Gasteiger partial charge in [-0.15, -0.1) is 0 Å². The first-order valence-electron chi connectivity index (χ1n) is 7.50. The maximum absolute atomic E-state index is 4.72. The van der Waals surface area contributed by atoms with Crippen molar-refractivity contribution in [3.8, 4) is 0 Å². The fraction of sp³-hybridized carbons (Fsp3) is 0.250. The molecule has 23 heavy (non-hydrogen) atoms. The third-order valence-corrected chi connectivity index (χ3v) is 3.71. The Kier molecular flexibility index (Phi) is 3.27. The Morgan fingerprint density at radius 2 is 1.87 bits per heavy atom. The molecule has 3 aromatic heterocycles. The van der Waals surface area contributed by atoms with Crippen molar-refractivity contribution in [3.63, 3.8) is 0 Å². The van der Waals surface area contributed by atoms with Crippen LogP contribution in [0.2, 0.25) is 0 Å². The molecule has 0 saturated carbocycles. The van der Waals surface area contributed by atoms with E-state index >= 15 is 0 Å². The minimum atomic E-state index is 0.607. The number of anilines is 1. The summed E-state index contributed by atoms with van der Waals surface area (Å²) in [7, 11) is 4.08. The monoisotopic (exact) mass is 307 g/mol. The number of imidazole rings is 1. The molecule has 1 N–H and O–H groups in total. The van der Waals surface area contributed by atoms with Gasteiger partial charge in [0.15, 0.2) is 22.8 Å². The topological polar surface area (TPSA) is 71.2 Å². The van der Waals surface area contributed by atoms with Gasteiger partial charge in [0.1, 0.15) is 0 Å². The molecule has 1 aromatic carbocycles. The number of likely N-dealkylation sites (N-methyl/N-ethyl adjacent to an activating group) is 1. The molecular weight excluding hydrogens is 290 g/mol. The Balaban J connectivity index is 1.97. The third-order valence-electron chi connectivity index (χ3n) is 3.71. The van der Waals surface area contributed by atoms with Gasteiger partial charge in [0, 0.05) is 25.5 Å². The van der Waals surface area contributed by atoms with Crippen molar-refractivity contribution in [2.45, 2.75) is 0 Å². The summed E-state index contributed by atoms with van der Waals surface area (Å²) in [5, 5.41) is 3.37. The van der Waals surface area contributed by atoms with Crippen LogP contribution in [0.4, 0.5) is 5.82 Å². The van der Waals surface area contributed by atoms with Gasteiger partial charge in [-0.05, 0) is 26.2 Å². The molecular formula is C16H17N7. The van der Waals surface area contributed by atoms with Crippen molar-refractivity contribution in [1.29, 1.82) is 0 Å². The van der Waals surface area contributed by atoms with Gasteiger partial charge in [-0.25, -0.2) is 19.9 Å². The molecule has 0 fully saturated rings. The quantitative estimate of drug-likeness (QED) is 0.620. The largest absolute Gasteiger partial charge is 0.366 e. The zero-order chi connectivity index (χ0) is 15.8. The lowest BCUT2D eigenvalue weighted by Gasteiger charge is -2.12. The van der Waals surface area contributed by atoms with Gasteiger partial charge in [0.05, 0.1) is 11.0 Å². The fourth-order valence-electron chi connectivity index (χ4n) is 2.63. The van der Waals surface area contributed by atoms with Crippen LogP contribution >= 0.6 is 0 Å². The first kappa shape index (κ1) is 13.8. The standard InChI is InChI=1S/C16H17N7/c1-22(2)10-9-18-14-16-20-11-5-3-4-6-12(11)23(16)15-13(21-14)17-7-8-19-15/h3-8H,9-10H2,1-2H3,(H,17,18,21). The van der Waals surface area contributed by atoms with E-state index in [0.29, 0.717) is 11.3 Å². The highest BCUT2D eigenvalue weighted by Crippen LogP contribution is 2.24. The van der Waals surface area contributed by atoms with Crippen LogP contribution in [0.25, 0.3) is 28.0 Å².